The van der Waals surface area contributed by atoms with Gasteiger partial charge in [-0.25, -0.2) is 4.79 Å². The van der Waals surface area contributed by atoms with Crippen molar-refractivity contribution in [3.63, 3.8) is 0 Å². The largest absolute Gasteiger partial charge is 0.454 e. The van der Waals surface area contributed by atoms with E-state index < -0.39 is 36.6 Å². The third kappa shape index (κ3) is 5.58. The Morgan fingerprint density at radius 2 is 1.70 bits per heavy atom. The summed E-state index contributed by atoms with van der Waals surface area (Å²) < 4.78 is 5.04. The molecule has 1 atom stereocenters. The Morgan fingerprint density at radius 3 is 2.27 bits per heavy atom. The summed E-state index contributed by atoms with van der Waals surface area (Å²) in [6, 6.07) is 8.94. The lowest BCUT2D eigenvalue weighted by molar-refractivity contribution is -0.155. The van der Waals surface area contributed by atoms with Crippen molar-refractivity contribution in [3.8, 4) is 0 Å². The summed E-state index contributed by atoms with van der Waals surface area (Å²) in [5.41, 5.74) is -0.0354. The van der Waals surface area contributed by atoms with Crippen LogP contribution >= 0.6 is 0 Å². The highest BCUT2D eigenvalue weighted by Crippen LogP contribution is 2.23. The molecule has 164 valence electrons. The second-order valence-corrected chi connectivity index (χ2v) is 8.29. The number of aryl methyl sites for hydroxylation is 1. The van der Waals surface area contributed by atoms with Crippen LogP contribution < -0.4 is 5.32 Å². The van der Waals surface area contributed by atoms with Gasteiger partial charge in [0.25, 0.3) is 11.8 Å². The molecule has 1 fully saturated rings. The molecule has 0 saturated carbocycles. The third-order valence-corrected chi connectivity index (χ3v) is 5.15. The molecule has 1 aromatic rings. The van der Waals surface area contributed by atoms with Crippen LogP contribution in [-0.2, 0) is 25.5 Å². The zero-order valence-corrected chi connectivity index (χ0v) is 18.3. The number of benzene rings is 1. The maximum Gasteiger partial charge on any atom is 0.326 e. The number of ether oxygens (including phenoxy) is 1. The van der Waals surface area contributed by atoms with Crippen molar-refractivity contribution in [1.82, 2.24) is 15.1 Å². The molecule has 1 saturated heterocycles. The van der Waals surface area contributed by atoms with Crippen LogP contribution in [0.2, 0.25) is 0 Å². The Kier molecular flexibility index (Phi) is 7.59. The molecular weight excluding hydrogens is 386 g/mol. The Balaban J connectivity index is 1.91. The Labute approximate surface area is 177 Å². The van der Waals surface area contributed by atoms with Crippen LogP contribution in [0.3, 0.4) is 0 Å². The molecule has 0 aliphatic carbocycles. The monoisotopic (exact) mass is 417 g/mol. The Hall–Kier alpha value is -2.90. The van der Waals surface area contributed by atoms with Crippen LogP contribution in [-0.4, -0.2) is 64.4 Å². The quantitative estimate of drug-likeness (QED) is 0.490. The number of amides is 4. The molecule has 1 aliphatic rings. The molecule has 8 nitrogen and oxygen atoms in total. The Morgan fingerprint density at radius 1 is 1.10 bits per heavy atom. The average molecular weight is 418 g/mol. The first-order chi connectivity index (χ1) is 14.0. The molecule has 0 spiro atoms. The van der Waals surface area contributed by atoms with Crippen molar-refractivity contribution in [1.29, 1.82) is 0 Å². The molecule has 1 N–H and O–H groups in total. The maximum absolute atomic E-state index is 12.8. The highest BCUT2D eigenvalue weighted by molar-refractivity contribution is 6.08. The number of rotatable bonds is 9. The standard InChI is InChI=1S/C22H31N3O5/c1-15(2)25(16(3)4)18(26)14-30-19(27)13-24-20(28)22(5,23-21(24)29)12-11-17-9-7-6-8-10-17/h6-10,15-16H,11-14H2,1-5H3,(H,23,29)/t22-/m1/s1. The Bertz CT molecular complexity index is 785. The second-order valence-electron chi connectivity index (χ2n) is 8.29. The van der Waals surface area contributed by atoms with E-state index in [1.165, 1.54) is 0 Å². The van der Waals surface area contributed by atoms with Crippen molar-refractivity contribution in [2.75, 3.05) is 13.2 Å². The minimum atomic E-state index is -1.09. The molecule has 1 aromatic carbocycles. The van der Waals surface area contributed by atoms with Crippen molar-refractivity contribution in [2.45, 2.75) is 65.1 Å². The van der Waals surface area contributed by atoms with Crippen LogP contribution in [0.4, 0.5) is 4.79 Å². The summed E-state index contributed by atoms with van der Waals surface area (Å²) in [5.74, 6) is -1.59. The molecule has 1 heterocycles. The fourth-order valence-corrected chi connectivity index (χ4v) is 3.66. The smallest absolute Gasteiger partial charge is 0.326 e. The topological polar surface area (TPSA) is 96.0 Å². The van der Waals surface area contributed by atoms with Gasteiger partial charge in [0, 0.05) is 12.1 Å². The number of hydrogen-bond acceptors (Lipinski definition) is 5. The molecule has 0 unspecified atom stereocenters. The lowest BCUT2D eigenvalue weighted by Crippen LogP contribution is -2.45. The number of hydrogen-bond donors (Lipinski definition) is 1. The van der Waals surface area contributed by atoms with Crippen molar-refractivity contribution in [2.24, 2.45) is 0 Å². The first-order valence-corrected chi connectivity index (χ1v) is 10.2. The average Bonchev–Trinajstić information content (AvgIpc) is 2.88. The number of esters is 1. The predicted molar refractivity (Wildman–Crippen MR) is 111 cm³/mol. The summed E-state index contributed by atoms with van der Waals surface area (Å²) >= 11 is 0. The van der Waals surface area contributed by atoms with Gasteiger partial charge in [-0.1, -0.05) is 30.3 Å². The fraction of sp³-hybridized carbons (Fsp3) is 0.545. The summed E-state index contributed by atoms with van der Waals surface area (Å²) in [6.45, 7) is 8.21. The summed E-state index contributed by atoms with van der Waals surface area (Å²) in [7, 11) is 0. The number of carbonyl (C=O) groups is 4. The van der Waals surface area contributed by atoms with Crippen LogP contribution in [0.15, 0.2) is 30.3 Å². The number of nitrogens with zero attached hydrogens (tertiary/aromatic N) is 2. The molecule has 0 aromatic heterocycles. The van der Waals surface area contributed by atoms with Gasteiger partial charge in [0.1, 0.15) is 12.1 Å². The van der Waals surface area contributed by atoms with E-state index in [4.69, 9.17) is 4.74 Å². The van der Waals surface area contributed by atoms with Crippen molar-refractivity contribution in [3.05, 3.63) is 35.9 Å². The molecular formula is C22H31N3O5. The van der Waals surface area contributed by atoms with Crippen LogP contribution in [0.25, 0.3) is 0 Å². The van der Waals surface area contributed by atoms with Gasteiger partial charge < -0.3 is 15.0 Å². The zero-order chi connectivity index (χ0) is 22.5. The molecule has 4 amide bonds. The van der Waals surface area contributed by atoms with Gasteiger partial charge in [0.15, 0.2) is 6.61 Å². The molecule has 8 heteroatoms. The minimum absolute atomic E-state index is 0.0348. The third-order valence-electron chi connectivity index (χ3n) is 5.15. The van der Waals surface area contributed by atoms with E-state index in [9.17, 15) is 19.2 Å². The number of urea groups is 1. The van der Waals surface area contributed by atoms with Crippen molar-refractivity contribution < 1.29 is 23.9 Å². The van der Waals surface area contributed by atoms with E-state index in [0.717, 1.165) is 10.5 Å². The molecule has 2 rings (SSSR count). The lowest BCUT2D eigenvalue weighted by Gasteiger charge is -2.30. The van der Waals surface area contributed by atoms with Gasteiger partial charge in [-0.2, -0.15) is 0 Å². The fourth-order valence-electron chi connectivity index (χ4n) is 3.66. The second kappa shape index (κ2) is 9.73. The molecule has 0 bridgehead atoms. The van der Waals surface area contributed by atoms with Gasteiger partial charge >= 0.3 is 12.0 Å². The van der Waals surface area contributed by atoms with Gasteiger partial charge in [-0.05, 0) is 53.0 Å². The maximum atomic E-state index is 12.8. The number of nitrogens with one attached hydrogen (secondary N) is 1. The van der Waals surface area contributed by atoms with E-state index in [1.54, 1.807) is 11.8 Å². The first kappa shape index (κ1) is 23.4. The first-order valence-electron chi connectivity index (χ1n) is 10.2. The van der Waals surface area contributed by atoms with E-state index >= 15 is 0 Å². The molecule has 0 radical (unpaired) electrons. The van der Waals surface area contributed by atoms with Crippen LogP contribution in [0.1, 0.15) is 46.6 Å². The van der Waals surface area contributed by atoms with E-state index in [-0.39, 0.29) is 18.0 Å². The normalized spacial score (nSPS) is 18.7. The predicted octanol–water partition coefficient (Wildman–Crippen LogP) is 2.12. The number of carbonyl (C=O) groups excluding carboxylic acids is 4. The SMILES string of the molecule is CC(C)N(C(=O)COC(=O)CN1C(=O)N[C@](C)(CCc2ccccc2)C1=O)C(C)C. The van der Waals surface area contributed by atoms with E-state index in [1.807, 2.05) is 58.0 Å². The van der Waals surface area contributed by atoms with Crippen LogP contribution in [0, 0.1) is 0 Å². The molecule has 1 aliphatic heterocycles. The van der Waals surface area contributed by atoms with Gasteiger partial charge in [-0.15, -0.1) is 0 Å². The number of imide groups is 1. The highest BCUT2D eigenvalue weighted by atomic mass is 16.5. The minimum Gasteiger partial charge on any atom is -0.454 e. The summed E-state index contributed by atoms with van der Waals surface area (Å²) in [5, 5.41) is 2.67. The van der Waals surface area contributed by atoms with Gasteiger partial charge in [0.2, 0.25) is 0 Å². The summed E-state index contributed by atoms with van der Waals surface area (Å²) in [6.07, 6.45) is 1.01. The van der Waals surface area contributed by atoms with Crippen LogP contribution in [0.5, 0.6) is 0 Å². The van der Waals surface area contributed by atoms with E-state index in [0.29, 0.717) is 12.8 Å². The summed E-state index contributed by atoms with van der Waals surface area (Å²) in [4.78, 5) is 52.0. The highest BCUT2D eigenvalue weighted by Gasteiger charge is 2.48. The van der Waals surface area contributed by atoms with Gasteiger partial charge in [0.05, 0.1) is 0 Å². The molecule has 30 heavy (non-hydrogen) atoms. The van der Waals surface area contributed by atoms with E-state index in [2.05, 4.69) is 5.32 Å². The zero-order valence-electron chi connectivity index (χ0n) is 18.3. The van der Waals surface area contributed by atoms with Gasteiger partial charge in [-0.3, -0.25) is 19.3 Å². The van der Waals surface area contributed by atoms with Crippen molar-refractivity contribution >= 4 is 23.8 Å². The lowest BCUT2D eigenvalue weighted by atomic mass is 9.93.